The molecule has 1 heterocycles. The molecule has 3 heteroatoms. The molecule has 0 aliphatic heterocycles. The number of aromatic nitrogens is 1. The second-order valence-electron chi connectivity index (χ2n) is 4.58. The van der Waals surface area contributed by atoms with E-state index in [4.69, 9.17) is 4.74 Å². The van der Waals surface area contributed by atoms with Gasteiger partial charge in [0.25, 0.3) is 0 Å². The average molecular weight is 255 g/mol. The molecule has 1 aromatic heterocycles. The summed E-state index contributed by atoms with van der Waals surface area (Å²) in [6.45, 7) is 2.38. The maximum atomic E-state index is 13.8. The van der Waals surface area contributed by atoms with Crippen molar-refractivity contribution in [2.45, 2.75) is 13.5 Å². The quantitative estimate of drug-likeness (QED) is 0.745. The van der Waals surface area contributed by atoms with E-state index in [2.05, 4.69) is 4.98 Å². The van der Waals surface area contributed by atoms with E-state index < -0.39 is 0 Å². The summed E-state index contributed by atoms with van der Waals surface area (Å²) in [4.78, 5) is 3.05. The zero-order valence-corrected chi connectivity index (χ0v) is 10.6. The van der Waals surface area contributed by atoms with Gasteiger partial charge in [0.15, 0.2) is 0 Å². The molecule has 1 N–H and O–H groups in total. The molecule has 0 saturated carbocycles. The number of ether oxygens (including phenoxy) is 1. The number of aryl methyl sites for hydroxylation is 1. The highest BCUT2D eigenvalue weighted by molar-refractivity contribution is 5.83. The Balaban J connectivity index is 1.84. The number of rotatable bonds is 3. The Morgan fingerprint density at radius 3 is 2.68 bits per heavy atom. The highest BCUT2D eigenvalue weighted by Gasteiger charge is 2.08. The summed E-state index contributed by atoms with van der Waals surface area (Å²) in [7, 11) is 0. The first-order valence-corrected chi connectivity index (χ1v) is 6.18. The van der Waals surface area contributed by atoms with Gasteiger partial charge in [-0.15, -0.1) is 0 Å². The van der Waals surface area contributed by atoms with Gasteiger partial charge in [-0.2, -0.15) is 0 Å². The summed E-state index contributed by atoms with van der Waals surface area (Å²) in [5.74, 6) is 0.567. The number of benzene rings is 2. The van der Waals surface area contributed by atoms with E-state index in [1.807, 2.05) is 37.3 Å². The van der Waals surface area contributed by atoms with Crippen molar-refractivity contribution in [3.8, 4) is 5.75 Å². The number of H-pyrrole nitrogens is 1. The molecule has 0 saturated heterocycles. The van der Waals surface area contributed by atoms with Crippen molar-refractivity contribution in [2.24, 2.45) is 0 Å². The number of fused-ring (bicyclic) bond motifs is 1. The Labute approximate surface area is 110 Å². The molecule has 2 aromatic carbocycles. The Hall–Kier alpha value is -2.29. The topological polar surface area (TPSA) is 25.0 Å². The average Bonchev–Trinajstić information content (AvgIpc) is 2.83. The molecule has 96 valence electrons. The van der Waals surface area contributed by atoms with E-state index in [1.165, 1.54) is 11.6 Å². The summed E-state index contributed by atoms with van der Waals surface area (Å²) in [5.41, 5.74) is 2.81. The monoisotopic (exact) mass is 255 g/mol. The van der Waals surface area contributed by atoms with Gasteiger partial charge in [0.05, 0.1) is 0 Å². The van der Waals surface area contributed by atoms with Gasteiger partial charge >= 0.3 is 0 Å². The molecule has 0 radical (unpaired) electrons. The first-order valence-electron chi connectivity index (χ1n) is 6.18. The molecular weight excluding hydrogens is 241 g/mol. The molecule has 19 heavy (non-hydrogen) atoms. The fourth-order valence-corrected chi connectivity index (χ4v) is 2.12. The van der Waals surface area contributed by atoms with Crippen molar-refractivity contribution < 1.29 is 9.13 Å². The van der Waals surface area contributed by atoms with Crippen molar-refractivity contribution in [3.63, 3.8) is 0 Å². The summed E-state index contributed by atoms with van der Waals surface area (Å²) in [5, 5.41) is 0.606. The number of nitrogens with one attached hydrogen (secondary N) is 1. The van der Waals surface area contributed by atoms with Crippen LogP contribution in [0.1, 0.15) is 11.1 Å². The van der Waals surface area contributed by atoms with Crippen LogP contribution in [0.15, 0.2) is 48.7 Å². The van der Waals surface area contributed by atoms with Crippen LogP contribution < -0.4 is 4.74 Å². The van der Waals surface area contributed by atoms with Crippen LogP contribution in [0.25, 0.3) is 10.9 Å². The van der Waals surface area contributed by atoms with E-state index >= 15 is 0 Å². The highest BCUT2D eigenvalue weighted by atomic mass is 19.1. The molecule has 2 nitrogen and oxygen atoms in total. The lowest BCUT2D eigenvalue weighted by Crippen LogP contribution is -1.95. The van der Waals surface area contributed by atoms with Crippen LogP contribution in [-0.2, 0) is 6.61 Å². The molecule has 0 unspecified atom stereocenters. The lowest BCUT2D eigenvalue weighted by Gasteiger charge is -2.06. The molecule has 0 spiro atoms. The van der Waals surface area contributed by atoms with Crippen LogP contribution >= 0.6 is 0 Å². The van der Waals surface area contributed by atoms with Crippen LogP contribution in [0.5, 0.6) is 5.75 Å². The van der Waals surface area contributed by atoms with Crippen molar-refractivity contribution in [1.29, 1.82) is 0 Å². The van der Waals surface area contributed by atoms with Gasteiger partial charge in [0, 0.05) is 22.7 Å². The molecule has 0 bridgehead atoms. The summed E-state index contributed by atoms with van der Waals surface area (Å²) in [6.07, 6.45) is 1.79. The smallest absolute Gasteiger partial charge is 0.132 e. The standard InChI is InChI=1S/C16H14FNO/c1-11-5-7-13(8-6-11)19-10-12-9-18-15-4-2-3-14(17)16(12)15/h2-9,18H,10H2,1H3. The van der Waals surface area contributed by atoms with Crippen LogP contribution in [0, 0.1) is 12.7 Å². The highest BCUT2D eigenvalue weighted by Crippen LogP contribution is 2.23. The Morgan fingerprint density at radius 1 is 1.11 bits per heavy atom. The molecule has 3 rings (SSSR count). The van der Waals surface area contributed by atoms with Crippen molar-refractivity contribution in [3.05, 3.63) is 65.6 Å². The minimum Gasteiger partial charge on any atom is -0.489 e. The fraction of sp³-hybridized carbons (Fsp3) is 0.125. The minimum absolute atomic E-state index is 0.221. The Kier molecular flexibility index (Phi) is 2.95. The summed E-state index contributed by atoms with van der Waals surface area (Å²) in [6, 6.07) is 12.8. The van der Waals surface area contributed by atoms with Crippen LogP contribution in [0.3, 0.4) is 0 Å². The van der Waals surface area contributed by atoms with Gasteiger partial charge in [0.2, 0.25) is 0 Å². The van der Waals surface area contributed by atoms with Gasteiger partial charge in [0.1, 0.15) is 18.2 Å². The Morgan fingerprint density at radius 2 is 1.89 bits per heavy atom. The van der Waals surface area contributed by atoms with Crippen molar-refractivity contribution in [2.75, 3.05) is 0 Å². The van der Waals surface area contributed by atoms with Crippen molar-refractivity contribution in [1.82, 2.24) is 4.98 Å². The van der Waals surface area contributed by atoms with Gasteiger partial charge in [-0.3, -0.25) is 0 Å². The van der Waals surface area contributed by atoms with E-state index in [0.29, 0.717) is 12.0 Å². The number of halogens is 1. The van der Waals surface area contributed by atoms with Crippen molar-refractivity contribution >= 4 is 10.9 Å². The Bertz CT molecular complexity index is 700. The molecule has 3 aromatic rings. The fourth-order valence-electron chi connectivity index (χ4n) is 2.12. The zero-order valence-electron chi connectivity index (χ0n) is 10.6. The zero-order chi connectivity index (χ0) is 13.2. The second-order valence-corrected chi connectivity index (χ2v) is 4.58. The predicted octanol–water partition coefficient (Wildman–Crippen LogP) is 4.19. The van der Waals surface area contributed by atoms with E-state index in [0.717, 1.165) is 16.8 Å². The second kappa shape index (κ2) is 4.76. The lowest BCUT2D eigenvalue weighted by atomic mass is 10.2. The first-order chi connectivity index (χ1) is 9.24. The number of hydrogen-bond donors (Lipinski definition) is 1. The number of aromatic amines is 1. The van der Waals surface area contributed by atoms with Gasteiger partial charge in [-0.25, -0.2) is 4.39 Å². The normalized spacial score (nSPS) is 10.8. The summed E-state index contributed by atoms with van der Waals surface area (Å²) < 4.78 is 19.5. The molecule has 0 fully saturated rings. The first kappa shape index (κ1) is 11.8. The molecule has 0 amide bonds. The molecule has 0 aliphatic rings. The van der Waals surface area contributed by atoms with Crippen LogP contribution in [0.4, 0.5) is 4.39 Å². The van der Waals surface area contributed by atoms with Crippen LogP contribution in [0.2, 0.25) is 0 Å². The van der Waals surface area contributed by atoms with E-state index in [1.54, 1.807) is 12.3 Å². The lowest BCUT2D eigenvalue weighted by molar-refractivity contribution is 0.307. The summed E-state index contributed by atoms with van der Waals surface area (Å²) >= 11 is 0. The molecule has 0 aliphatic carbocycles. The van der Waals surface area contributed by atoms with Gasteiger partial charge in [-0.05, 0) is 31.2 Å². The predicted molar refractivity (Wildman–Crippen MR) is 73.8 cm³/mol. The van der Waals surface area contributed by atoms with Gasteiger partial charge in [-0.1, -0.05) is 23.8 Å². The molecule has 0 atom stereocenters. The largest absolute Gasteiger partial charge is 0.489 e. The third-order valence-corrected chi connectivity index (χ3v) is 3.15. The van der Waals surface area contributed by atoms with Gasteiger partial charge < -0.3 is 9.72 Å². The SMILES string of the molecule is Cc1ccc(OCc2c[nH]c3cccc(F)c23)cc1. The maximum absolute atomic E-state index is 13.8. The van der Waals surface area contributed by atoms with E-state index in [-0.39, 0.29) is 5.82 Å². The number of hydrogen-bond acceptors (Lipinski definition) is 1. The molecular formula is C16H14FNO. The minimum atomic E-state index is -0.221. The maximum Gasteiger partial charge on any atom is 0.132 e. The third-order valence-electron chi connectivity index (χ3n) is 3.15. The van der Waals surface area contributed by atoms with Crippen LogP contribution in [-0.4, -0.2) is 4.98 Å². The van der Waals surface area contributed by atoms with E-state index in [9.17, 15) is 4.39 Å². The third kappa shape index (κ3) is 2.32.